The van der Waals surface area contributed by atoms with Gasteiger partial charge in [0.25, 0.3) is 0 Å². The summed E-state index contributed by atoms with van der Waals surface area (Å²) in [5.41, 5.74) is 2.51. The number of hydrogen-bond donors (Lipinski definition) is 0. The minimum atomic E-state index is -0.0465. The SMILES string of the molecule is COc1ccc(C(=O)CSc2nnnn2-c2cccc(C)c2)cc1OC. The van der Waals surface area contributed by atoms with Crippen molar-refractivity contribution in [3.63, 3.8) is 0 Å². The van der Waals surface area contributed by atoms with E-state index in [-0.39, 0.29) is 11.5 Å². The van der Waals surface area contributed by atoms with Gasteiger partial charge in [0.15, 0.2) is 17.3 Å². The molecule has 1 aromatic heterocycles. The van der Waals surface area contributed by atoms with Gasteiger partial charge in [-0.25, -0.2) is 0 Å². The molecule has 0 fully saturated rings. The van der Waals surface area contributed by atoms with Gasteiger partial charge in [0.1, 0.15) is 0 Å². The normalized spacial score (nSPS) is 10.6. The lowest BCUT2D eigenvalue weighted by molar-refractivity contribution is 0.102. The molecule has 2 aromatic carbocycles. The highest BCUT2D eigenvalue weighted by Gasteiger charge is 2.15. The van der Waals surface area contributed by atoms with E-state index in [1.807, 2.05) is 31.2 Å². The van der Waals surface area contributed by atoms with E-state index in [0.29, 0.717) is 22.2 Å². The van der Waals surface area contributed by atoms with Crippen molar-refractivity contribution in [1.82, 2.24) is 20.2 Å². The Morgan fingerprint density at radius 1 is 1.12 bits per heavy atom. The second kappa shape index (κ2) is 8.01. The summed E-state index contributed by atoms with van der Waals surface area (Å²) in [7, 11) is 3.09. The van der Waals surface area contributed by atoms with Gasteiger partial charge in [-0.1, -0.05) is 23.9 Å². The first-order valence-corrected chi connectivity index (χ1v) is 8.84. The molecule has 26 heavy (non-hydrogen) atoms. The molecule has 0 spiro atoms. The summed E-state index contributed by atoms with van der Waals surface area (Å²) in [6.07, 6.45) is 0. The number of thioether (sulfide) groups is 1. The number of carbonyl (C=O) groups is 1. The molecule has 0 atom stereocenters. The van der Waals surface area contributed by atoms with Gasteiger partial charge >= 0.3 is 0 Å². The molecule has 0 amide bonds. The van der Waals surface area contributed by atoms with Crippen molar-refractivity contribution in [2.75, 3.05) is 20.0 Å². The van der Waals surface area contributed by atoms with E-state index in [9.17, 15) is 4.79 Å². The van der Waals surface area contributed by atoms with Crippen LogP contribution in [0.2, 0.25) is 0 Å². The summed E-state index contributed by atoms with van der Waals surface area (Å²) in [6, 6.07) is 12.9. The molecular weight excluding hydrogens is 352 g/mol. The second-order valence-corrected chi connectivity index (χ2v) is 6.44. The Hall–Kier alpha value is -2.87. The van der Waals surface area contributed by atoms with Crippen molar-refractivity contribution in [2.45, 2.75) is 12.1 Å². The van der Waals surface area contributed by atoms with Crippen LogP contribution < -0.4 is 9.47 Å². The molecule has 0 radical (unpaired) electrons. The monoisotopic (exact) mass is 370 g/mol. The molecule has 134 valence electrons. The first-order valence-electron chi connectivity index (χ1n) is 7.86. The predicted molar refractivity (Wildman–Crippen MR) is 98.5 cm³/mol. The van der Waals surface area contributed by atoms with Crippen molar-refractivity contribution in [2.24, 2.45) is 0 Å². The number of aryl methyl sites for hydroxylation is 1. The highest BCUT2D eigenvalue weighted by Crippen LogP contribution is 2.28. The van der Waals surface area contributed by atoms with Gasteiger partial charge < -0.3 is 9.47 Å². The molecule has 3 rings (SSSR count). The van der Waals surface area contributed by atoms with Crippen LogP contribution in [0.1, 0.15) is 15.9 Å². The number of carbonyl (C=O) groups excluding carboxylic acids is 1. The largest absolute Gasteiger partial charge is 0.493 e. The first kappa shape index (κ1) is 17.9. The Morgan fingerprint density at radius 2 is 1.92 bits per heavy atom. The molecule has 8 heteroatoms. The van der Waals surface area contributed by atoms with Gasteiger partial charge in [-0.3, -0.25) is 4.79 Å². The summed E-state index contributed by atoms with van der Waals surface area (Å²) < 4.78 is 12.1. The number of ether oxygens (including phenoxy) is 2. The molecule has 0 saturated heterocycles. The fourth-order valence-corrected chi connectivity index (χ4v) is 3.20. The minimum absolute atomic E-state index is 0.0465. The molecular formula is C18H18N4O3S. The summed E-state index contributed by atoms with van der Waals surface area (Å²) in [5, 5.41) is 12.3. The molecule has 0 N–H and O–H groups in total. The lowest BCUT2D eigenvalue weighted by atomic mass is 10.1. The van der Waals surface area contributed by atoms with Crippen molar-refractivity contribution in [3.8, 4) is 17.2 Å². The van der Waals surface area contributed by atoms with Crippen LogP contribution in [0.3, 0.4) is 0 Å². The second-order valence-electron chi connectivity index (χ2n) is 5.49. The van der Waals surface area contributed by atoms with Gasteiger partial charge in [-0.2, -0.15) is 4.68 Å². The lowest BCUT2D eigenvalue weighted by Crippen LogP contribution is -2.05. The third kappa shape index (κ3) is 3.85. The molecule has 1 heterocycles. The fraction of sp³-hybridized carbons (Fsp3) is 0.222. The van der Waals surface area contributed by atoms with Crippen molar-refractivity contribution >= 4 is 17.5 Å². The molecule has 0 unspecified atom stereocenters. The van der Waals surface area contributed by atoms with E-state index < -0.39 is 0 Å². The van der Waals surface area contributed by atoms with Crippen LogP contribution in [-0.4, -0.2) is 46.0 Å². The maximum Gasteiger partial charge on any atom is 0.214 e. The number of aromatic nitrogens is 4. The maximum absolute atomic E-state index is 12.5. The minimum Gasteiger partial charge on any atom is -0.493 e. The molecule has 0 aliphatic carbocycles. The number of rotatable bonds is 7. The number of Topliss-reactive ketones (excluding diaryl/α,β-unsaturated/α-hetero) is 1. The summed E-state index contributed by atoms with van der Waals surface area (Å²) >= 11 is 1.29. The average Bonchev–Trinajstić information content (AvgIpc) is 3.14. The average molecular weight is 370 g/mol. The van der Waals surface area contributed by atoms with Crippen LogP contribution in [0.15, 0.2) is 47.6 Å². The Kier molecular flexibility index (Phi) is 5.52. The van der Waals surface area contributed by atoms with Crippen LogP contribution in [-0.2, 0) is 0 Å². The zero-order valence-corrected chi connectivity index (χ0v) is 15.5. The van der Waals surface area contributed by atoms with Gasteiger partial charge in [-0.15, -0.1) is 5.10 Å². The maximum atomic E-state index is 12.5. The van der Waals surface area contributed by atoms with E-state index in [2.05, 4.69) is 15.5 Å². The molecule has 3 aromatic rings. The van der Waals surface area contributed by atoms with Crippen molar-refractivity contribution in [3.05, 3.63) is 53.6 Å². The molecule has 0 bridgehead atoms. The van der Waals surface area contributed by atoms with Crippen molar-refractivity contribution in [1.29, 1.82) is 0 Å². The van der Waals surface area contributed by atoms with Gasteiger partial charge in [-0.05, 0) is 53.2 Å². The third-order valence-electron chi connectivity index (χ3n) is 3.73. The van der Waals surface area contributed by atoms with E-state index in [1.54, 1.807) is 30.0 Å². The van der Waals surface area contributed by atoms with E-state index in [1.165, 1.54) is 18.9 Å². The first-order chi connectivity index (χ1) is 12.6. The van der Waals surface area contributed by atoms with Gasteiger partial charge in [0.2, 0.25) is 5.16 Å². The van der Waals surface area contributed by atoms with Crippen LogP contribution >= 0.6 is 11.8 Å². The van der Waals surface area contributed by atoms with E-state index >= 15 is 0 Å². The highest BCUT2D eigenvalue weighted by molar-refractivity contribution is 7.99. The Labute approximate surface area is 155 Å². The standard InChI is InChI=1S/C18H18N4O3S/c1-12-5-4-6-14(9-12)22-18(19-20-21-22)26-11-15(23)13-7-8-16(24-2)17(10-13)25-3/h4-10H,11H2,1-3H3. The van der Waals surface area contributed by atoms with Crippen LogP contribution in [0.25, 0.3) is 5.69 Å². The number of methoxy groups -OCH3 is 2. The van der Waals surface area contributed by atoms with E-state index in [4.69, 9.17) is 9.47 Å². The number of tetrazole rings is 1. The third-order valence-corrected chi connectivity index (χ3v) is 4.64. The zero-order chi connectivity index (χ0) is 18.5. The number of nitrogens with zero attached hydrogens (tertiary/aromatic N) is 4. The number of benzene rings is 2. The number of hydrogen-bond acceptors (Lipinski definition) is 7. The molecule has 0 saturated carbocycles. The smallest absolute Gasteiger partial charge is 0.214 e. The van der Waals surface area contributed by atoms with Crippen LogP contribution in [0.5, 0.6) is 11.5 Å². The molecule has 7 nitrogen and oxygen atoms in total. The zero-order valence-electron chi connectivity index (χ0n) is 14.7. The summed E-state index contributed by atoms with van der Waals surface area (Å²) in [5.74, 6) is 1.27. The Balaban J connectivity index is 1.74. The van der Waals surface area contributed by atoms with Crippen LogP contribution in [0.4, 0.5) is 0 Å². The predicted octanol–water partition coefficient (Wildman–Crippen LogP) is 2.96. The molecule has 0 aliphatic heterocycles. The lowest BCUT2D eigenvalue weighted by Gasteiger charge is -2.09. The topological polar surface area (TPSA) is 79.1 Å². The van der Waals surface area contributed by atoms with Crippen LogP contribution in [0, 0.1) is 6.92 Å². The van der Waals surface area contributed by atoms with Gasteiger partial charge in [0, 0.05) is 5.56 Å². The fourth-order valence-electron chi connectivity index (χ4n) is 2.41. The van der Waals surface area contributed by atoms with Gasteiger partial charge in [0.05, 0.1) is 25.7 Å². The quantitative estimate of drug-likeness (QED) is 0.467. The Bertz CT molecular complexity index is 926. The highest BCUT2D eigenvalue weighted by atomic mass is 32.2. The molecule has 0 aliphatic rings. The summed E-state index contributed by atoms with van der Waals surface area (Å²) in [6.45, 7) is 2.00. The summed E-state index contributed by atoms with van der Waals surface area (Å²) in [4.78, 5) is 12.5. The Morgan fingerprint density at radius 3 is 2.65 bits per heavy atom. The number of ketones is 1. The van der Waals surface area contributed by atoms with E-state index in [0.717, 1.165) is 11.3 Å². The van der Waals surface area contributed by atoms with Crippen molar-refractivity contribution < 1.29 is 14.3 Å².